The molecule has 1 fully saturated rings. The average Bonchev–Trinajstić information content (AvgIpc) is 2.01. The van der Waals surface area contributed by atoms with E-state index in [9.17, 15) is 0 Å². The quantitative estimate of drug-likeness (QED) is 0.805. The molecule has 0 saturated heterocycles. The van der Waals surface area contributed by atoms with Gasteiger partial charge in [0.2, 0.25) is 0 Å². The van der Waals surface area contributed by atoms with Gasteiger partial charge in [0.05, 0.1) is 0 Å². The highest BCUT2D eigenvalue weighted by Crippen LogP contribution is 2.36. The molecule has 2 heteroatoms. The second-order valence-electron chi connectivity index (χ2n) is 3.78. The Kier molecular flexibility index (Phi) is 3.51. The van der Waals surface area contributed by atoms with Gasteiger partial charge in [-0.05, 0) is 36.8 Å². The molecule has 0 heterocycles. The lowest BCUT2D eigenvalue weighted by Gasteiger charge is -2.33. The zero-order chi connectivity index (χ0) is 8.55. The molecule has 2 rings (SSSR count). The van der Waals surface area contributed by atoms with Gasteiger partial charge in [-0.25, -0.2) is 0 Å². The second kappa shape index (κ2) is 4.25. The van der Waals surface area contributed by atoms with Crippen LogP contribution in [0, 0.1) is 6.92 Å². The standard InChI is InChI=1S/C11H15N.BrH/c1-8-4-2-3-5-11(8)9-6-10(12)7-9;/h2-5,9-10H,6-7,12H2,1H3;1H. The molecular formula is C11H16BrN. The van der Waals surface area contributed by atoms with Gasteiger partial charge in [0, 0.05) is 6.04 Å². The lowest BCUT2D eigenvalue weighted by molar-refractivity contribution is 0.350. The summed E-state index contributed by atoms with van der Waals surface area (Å²) < 4.78 is 0. The average molecular weight is 242 g/mol. The van der Waals surface area contributed by atoms with Crippen LogP contribution in [0.1, 0.15) is 29.9 Å². The van der Waals surface area contributed by atoms with Crippen LogP contribution >= 0.6 is 17.0 Å². The molecule has 0 radical (unpaired) electrons. The van der Waals surface area contributed by atoms with Gasteiger partial charge in [-0.3, -0.25) is 0 Å². The van der Waals surface area contributed by atoms with Crippen LogP contribution in [0.25, 0.3) is 0 Å². The highest BCUT2D eigenvalue weighted by atomic mass is 79.9. The van der Waals surface area contributed by atoms with Gasteiger partial charge in [0.1, 0.15) is 0 Å². The first-order valence-corrected chi connectivity index (χ1v) is 4.58. The van der Waals surface area contributed by atoms with E-state index in [0.29, 0.717) is 6.04 Å². The molecule has 1 aliphatic rings. The molecule has 0 atom stereocenters. The van der Waals surface area contributed by atoms with Gasteiger partial charge in [0.25, 0.3) is 0 Å². The van der Waals surface area contributed by atoms with Gasteiger partial charge in [-0.1, -0.05) is 24.3 Å². The van der Waals surface area contributed by atoms with Crippen LogP contribution in [0.15, 0.2) is 24.3 Å². The molecular weight excluding hydrogens is 226 g/mol. The molecule has 0 spiro atoms. The topological polar surface area (TPSA) is 26.0 Å². The van der Waals surface area contributed by atoms with Crippen molar-refractivity contribution in [3.63, 3.8) is 0 Å². The fraction of sp³-hybridized carbons (Fsp3) is 0.455. The minimum atomic E-state index is 0. The Hall–Kier alpha value is -0.340. The third-order valence-corrected chi connectivity index (χ3v) is 2.80. The van der Waals surface area contributed by atoms with Gasteiger partial charge >= 0.3 is 0 Å². The fourth-order valence-corrected chi connectivity index (χ4v) is 1.96. The highest BCUT2D eigenvalue weighted by molar-refractivity contribution is 8.93. The SMILES string of the molecule is Br.Cc1ccccc1C1CC(N)C1. The maximum Gasteiger partial charge on any atom is 0.00504 e. The summed E-state index contributed by atoms with van der Waals surface area (Å²) in [7, 11) is 0. The van der Waals surface area contributed by atoms with E-state index in [1.807, 2.05) is 0 Å². The molecule has 1 nitrogen and oxygen atoms in total. The highest BCUT2D eigenvalue weighted by Gasteiger charge is 2.27. The Balaban J connectivity index is 0.000000845. The van der Waals surface area contributed by atoms with E-state index >= 15 is 0 Å². The maximum atomic E-state index is 5.76. The van der Waals surface area contributed by atoms with Crippen molar-refractivity contribution in [2.24, 2.45) is 5.73 Å². The first-order chi connectivity index (χ1) is 5.77. The summed E-state index contributed by atoms with van der Waals surface area (Å²) in [6, 6.07) is 9.07. The zero-order valence-corrected chi connectivity index (χ0v) is 9.58. The van der Waals surface area contributed by atoms with E-state index in [4.69, 9.17) is 5.73 Å². The molecule has 0 aromatic heterocycles. The maximum absolute atomic E-state index is 5.76. The van der Waals surface area contributed by atoms with Crippen molar-refractivity contribution in [3.8, 4) is 0 Å². The van der Waals surface area contributed by atoms with E-state index in [0.717, 1.165) is 5.92 Å². The summed E-state index contributed by atoms with van der Waals surface area (Å²) in [5, 5.41) is 0. The van der Waals surface area contributed by atoms with Crippen molar-refractivity contribution in [1.82, 2.24) is 0 Å². The van der Waals surface area contributed by atoms with E-state index in [-0.39, 0.29) is 17.0 Å². The summed E-state index contributed by atoms with van der Waals surface area (Å²) in [5.41, 5.74) is 8.67. The lowest BCUT2D eigenvalue weighted by Crippen LogP contribution is -2.34. The van der Waals surface area contributed by atoms with E-state index in [1.54, 1.807) is 0 Å². The molecule has 1 saturated carbocycles. The number of benzene rings is 1. The van der Waals surface area contributed by atoms with E-state index < -0.39 is 0 Å². The molecule has 0 bridgehead atoms. The summed E-state index contributed by atoms with van der Waals surface area (Å²) in [5.74, 6) is 0.737. The predicted octanol–water partition coefficient (Wildman–Crippen LogP) is 2.78. The third-order valence-electron chi connectivity index (χ3n) is 2.80. The van der Waals surface area contributed by atoms with Crippen molar-refractivity contribution < 1.29 is 0 Å². The zero-order valence-electron chi connectivity index (χ0n) is 7.86. The number of halogens is 1. The van der Waals surface area contributed by atoms with Crippen LogP contribution in [0.4, 0.5) is 0 Å². The molecule has 13 heavy (non-hydrogen) atoms. The first kappa shape index (κ1) is 10.7. The summed E-state index contributed by atoms with van der Waals surface area (Å²) in [6.07, 6.45) is 2.34. The number of aryl methyl sites for hydroxylation is 1. The van der Waals surface area contributed by atoms with Crippen molar-refractivity contribution >= 4 is 17.0 Å². The van der Waals surface area contributed by atoms with Crippen LogP contribution in [-0.2, 0) is 0 Å². The Morgan fingerprint density at radius 3 is 2.38 bits per heavy atom. The van der Waals surface area contributed by atoms with Crippen molar-refractivity contribution in [1.29, 1.82) is 0 Å². The Morgan fingerprint density at radius 2 is 1.85 bits per heavy atom. The Labute approximate surface area is 90.1 Å². The monoisotopic (exact) mass is 241 g/mol. The molecule has 1 aromatic rings. The van der Waals surface area contributed by atoms with Crippen LogP contribution in [0.3, 0.4) is 0 Å². The largest absolute Gasteiger partial charge is 0.328 e. The summed E-state index contributed by atoms with van der Waals surface area (Å²) in [6.45, 7) is 2.18. The van der Waals surface area contributed by atoms with Crippen LogP contribution in [0.2, 0.25) is 0 Å². The minimum absolute atomic E-state index is 0. The first-order valence-electron chi connectivity index (χ1n) is 4.58. The molecule has 72 valence electrons. The smallest absolute Gasteiger partial charge is 0.00504 e. The summed E-state index contributed by atoms with van der Waals surface area (Å²) >= 11 is 0. The number of rotatable bonds is 1. The minimum Gasteiger partial charge on any atom is -0.328 e. The van der Waals surface area contributed by atoms with Gasteiger partial charge in [0.15, 0.2) is 0 Å². The summed E-state index contributed by atoms with van der Waals surface area (Å²) in [4.78, 5) is 0. The van der Waals surface area contributed by atoms with Gasteiger partial charge < -0.3 is 5.73 Å². The van der Waals surface area contributed by atoms with Crippen molar-refractivity contribution in [3.05, 3.63) is 35.4 Å². The molecule has 0 aliphatic heterocycles. The Bertz CT molecular complexity index is 279. The number of hydrogen-bond acceptors (Lipinski definition) is 1. The Morgan fingerprint density at radius 1 is 1.23 bits per heavy atom. The molecule has 2 N–H and O–H groups in total. The predicted molar refractivity (Wildman–Crippen MR) is 61.5 cm³/mol. The molecule has 1 aliphatic carbocycles. The fourth-order valence-electron chi connectivity index (χ4n) is 1.96. The number of nitrogens with two attached hydrogens (primary N) is 1. The van der Waals surface area contributed by atoms with E-state index in [2.05, 4.69) is 31.2 Å². The van der Waals surface area contributed by atoms with Gasteiger partial charge in [-0.2, -0.15) is 0 Å². The molecule has 1 aromatic carbocycles. The van der Waals surface area contributed by atoms with Crippen LogP contribution in [0.5, 0.6) is 0 Å². The molecule has 0 amide bonds. The second-order valence-corrected chi connectivity index (χ2v) is 3.78. The van der Waals surface area contributed by atoms with Crippen molar-refractivity contribution in [2.45, 2.75) is 31.7 Å². The lowest BCUT2D eigenvalue weighted by atomic mass is 9.75. The van der Waals surface area contributed by atoms with Crippen molar-refractivity contribution in [2.75, 3.05) is 0 Å². The van der Waals surface area contributed by atoms with E-state index in [1.165, 1.54) is 24.0 Å². The normalized spacial score (nSPS) is 26.0. The van der Waals surface area contributed by atoms with Crippen LogP contribution < -0.4 is 5.73 Å². The molecule has 0 unspecified atom stereocenters. The third kappa shape index (κ3) is 2.12. The number of hydrogen-bond donors (Lipinski definition) is 1. The van der Waals surface area contributed by atoms with Crippen LogP contribution in [-0.4, -0.2) is 6.04 Å². The van der Waals surface area contributed by atoms with Gasteiger partial charge in [-0.15, -0.1) is 17.0 Å².